The molecule has 0 rings (SSSR count). The van der Waals surface area contributed by atoms with Crippen molar-refractivity contribution in [3.8, 4) is 0 Å². The summed E-state index contributed by atoms with van der Waals surface area (Å²) >= 11 is 28.0. The maximum absolute atomic E-state index is 5.72. The van der Waals surface area contributed by atoms with Gasteiger partial charge in [-0.05, 0) is 6.42 Å². The second-order valence-electron chi connectivity index (χ2n) is 1.85. The van der Waals surface area contributed by atoms with Crippen molar-refractivity contribution in [3.63, 3.8) is 0 Å². The van der Waals surface area contributed by atoms with Crippen LogP contribution in [0.15, 0.2) is 0 Å². The van der Waals surface area contributed by atoms with Gasteiger partial charge in [0, 0.05) is 0 Å². The summed E-state index contributed by atoms with van der Waals surface area (Å²) in [6.45, 7) is 1.85. The first-order valence-electron chi connectivity index (χ1n) is 2.73. The molecule has 5 heteroatoms. The molecule has 62 valence electrons. The zero-order valence-electron chi connectivity index (χ0n) is 5.25. The molecule has 0 spiro atoms. The van der Waals surface area contributed by atoms with E-state index in [4.69, 9.17) is 58.0 Å². The van der Waals surface area contributed by atoms with Gasteiger partial charge in [0.1, 0.15) is 4.84 Å². The SMILES string of the molecule is CCC(Cl)C(Cl)(Cl)C(Cl)Cl. The van der Waals surface area contributed by atoms with Gasteiger partial charge in [-0.2, -0.15) is 0 Å². The Kier molecular flexibility index (Phi) is 5.12. The van der Waals surface area contributed by atoms with Gasteiger partial charge in [0.05, 0.1) is 5.38 Å². The predicted octanol–water partition coefficient (Wildman–Crippen LogP) is 3.98. The van der Waals surface area contributed by atoms with Gasteiger partial charge in [-0.15, -0.1) is 34.8 Å². The molecule has 0 heterocycles. The van der Waals surface area contributed by atoms with Gasteiger partial charge >= 0.3 is 0 Å². The second-order valence-corrected chi connectivity index (χ2v) is 4.92. The zero-order valence-corrected chi connectivity index (χ0v) is 9.03. The van der Waals surface area contributed by atoms with Crippen LogP contribution in [0.5, 0.6) is 0 Å². The first-order valence-corrected chi connectivity index (χ1v) is 4.79. The Bertz CT molecular complexity index is 100. The van der Waals surface area contributed by atoms with Crippen LogP contribution < -0.4 is 0 Å². The van der Waals surface area contributed by atoms with Crippen LogP contribution in [0.1, 0.15) is 13.3 Å². The van der Waals surface area contributed by atoms with E-state index in [0.717, 1.165) is 0 Å². The van der Waals surface area contributed by atoms with Gasteiger partial charge in [-0.1, -0.05) is 30.1 Å². The number of rotatable bonds is 3. The van der Waals surface area contributed by atoms with Crippen molar-refractivity contribution in [2.45, 2.75) is 27.9 Å². The number of hydrogen-bond donors (Lipinski definition) is 0. The molecule has 10 heavy (non-hydrogen) atoms. The molecule has 0 aromatic carbocycles. The summed E-state index contributed by atoms with van der Waals surface area (Å²) in [7, 11) is 0. The summed E-state index contributed by atoms with van der Waals surface area (Å²) in [5.74, 6) is 0. The standard InChI is InChI=1S/C5H7Cl5/c1-2-3(6)5(9,10)4(7)8/h3-4H,2H2,1H3. The lowest BCUT2D eigenvalue weighted by atomic mass is 10.2. The van der Waals surface area contributed by atoms with Crippen molar-refractivity contribution in [2.24, 2.45) is 0 Å². The first kappa shape index (κ1) is 11.4. The van der Waals surface area contributed by atoms with E-state index in [1.165, 1.54) is 0 Å². The highest BCUT2D eigenvalue weighted by Crippen LogP contribution is 2.39. The third-order valence-electron chi connectivity index (χ3n) is 1.07. The van der Waals surface area contributed by atoms with E-state index < -0.39 is 14.5 Å². The maximum Gasteiger partial charge on any atom is 0.164 e. The molecule has 0 N–H and O–H groups in total. The van der Waals surface area contributed by atoms with E-state index in [2.05, 4.69) is 0 Å². The Labute approximate surface area is 85.7 Å². The van der Waals surface area contributed by atoms with E-state index in [9.17, 15) is 0 Å². The van der Waals surface area contributed by atoms with E-state index in [0.29, 0.717) is 6.42 Å². The molecule has 0 saturated heterocycles. The second kappa shape index (κ2) is 4.47. The molecule has 0 aliphatic rings. The van der Waals surface area contributed by atoms with Crippen molar-refractivity contribution in [1.29, 1.82) is 0 Å². The molecule has 1 unspecified atom stereocenters. The Morgan fingerprint density at radius 1 is 1.20 bits per heavy atom. The van der Waals surface area contributed by atoms with Crippen LogP contribution in [-0.4, -0.2) is 14.5 Å². The minimum Gasteiger partial charge on any atom is -0.120 e. The van der Waals surface area contributed by atoms with Crippen molar-refractivity contribution in [3.05, 3.63) is 0 Å². The molecule has 0 aliphatic carbocycles. The van der Waals surface area contributed by atoms with Crippen LogP contribution in [0.4, 0.5) is 0 Å². The lowest BCUT2D eigenvalue weighted by Gasteiger charge is -2.24. The van der Waals surface area contributed by atoms with Crippen LogP contribution in [0.3, 0.4) is 0 Å². The van der Waals surface area contributed by atoms with Gasteiger partial charge in [0.15, 0.2) is 4.33 Å². The van der Waals surface area contributed by atoms with Crippen molar-refractivity contribution in [2.75, 3.05) is 0 Å². The number of halogens is 5. The summed E-state index contributed by atoms with van der Waals surface area (Å²) in [4.78, 5) is -0.863. The lowest BCUT2D eigenvalue weighted by molar-refractivity contribution is 0.722. The number of hydrogen-bond acceptors (Lipinski definition) is 0. The van der Waals surface area contributed by atoms with E-state index >= 15 is 0 Å². The Balaban J connectivity index is 4.09. The minimum absolute atomic E-state index is 0.421. The van der Waals surface area contributed by atoms with Crippen LogP contribution >= 0.6 is 58.0 Å². The largest absolute Gasteiger partial charge is 0.164 e. The number of alkyl halides is 5. The normalized spacial score (nSPS) is 15.9. The smallest absolute Gasteiger partial charge is 0.120 e. The average molecular weight is 244 g/mol. The van der Waals surface area contributed by atoms with E-state index in [1.807, 2.05) is 6.92 Å². The highest BCUT2D eigenvalue weighted by atomic mass is 35.5. The monoisotopic (exact) mass is 242 g/mol. The van der Waals surface area contributed by atoms with E-state index in [-0.39, 0.29) is 0 Å². The third kappa shape index (κ3) is 2.83. The fraction of sp³-hybridized carbons (Fsp3) is 1.00. The summed E-state index contributed by atoms with van der Waals surface area (Å²) in [6.07, 6.45) is 0.629. The molecular formula is C5H7Cl5. The van der Waals surface area contributed by atoms with Gasteiger partial charge in [-0.3, -0.25) is 0 Å². The van der Waals surface area contributed by atoms with Gasteiger partial charge in [-0.25, -0.2) is 0 Å². The lowest BCUT2D eigenvalue weighted by Crippen LogP contribution is -2.32. The van der Waals surface area contributed by atoms with Crippen molar-refractivity contribution < 1.29 is 0 Å². The summed E-state index contributed by atoms with van der Waals surface area (Å²) < 4.78 is -1.25. The molecule has 1 atom stereocenters. The molecule has 0 saturated carbocycles. The van der Waals surface area contributed by atoms with Crippen LogP contribution in [0, 0.1) is 0 Å². The van der Waals surface area contributed by atoms with Gasteiger partial charge < -0.3 is 0 Å². The van der Waals surface area contributed by atoms with E-state index in [1.54, 1.807) is 0 Å². The fourth-order valence-electron chi connectivity index (χ4n) is 0.409. The highest BCUT2D eigenvalue weighted by molar-refractivity contribution is 6.62. The summed E-state index contributed by atoms with van der Waals surface area (Å²) in [5.41, 5.74) is 0. The summed E-state index contributed by atoms with van der Waals surface area (Å²) in [6, 6.07) is 0. The van der Waals surface area contributed by atoms with Crippen LogP contribution in [-0.2, 0) is 0 Å². The molecule has 0 aromatic heterocycles. The van der Waals surface area contributed by atoms with Gasteiger partial charge in [0.25, 0.3) is 0 Å². The third-order valence-corrected chi connectivity index (χ3v) is 4.04. The minimum atomic E-state index is -1.25. The molecule has 0 amide bonds. The Morgan fingerprint density at radius 2 is 1.60 bits per heavy atom. The fourth-order valence-corrected chi connectivity index (χ4v) is 1.28. The molecule has 0 radical (unpaired) electrons. The Hall–Kier alpha value is 1.45. The molecule has 0 bridgehead atoms. The zero-order chi connectivity index (χ0) is 8.36. The molecule has 0 aliphatic heterocycles. The quantitative estimate of drug-likeness (QED) is 0.659. The molecule has 0 fully saturated rings. The van der Waals surface area contributed by atoms with Crippen LogP contribution in [0.25, 0.3) is 0 Å². The van der Waals surface area contributed by atoms with Gasteiger partial charge in [0.2, 0.25) is 0 Å². The predicted molar refractivity (Wildman–Crippen MR) is 49.9 cm³/mol. The topological polar surface area (TPSA) is 0 Å². The van der Waals surface area contributed by atoms with Crippen molar-refractivity contribution >= 4 is 58.0 Å². The highest BCUT2D eigenvalue weighted by Gasteiger charge is 2.38. The summed E-state index contributed by atoms with van der Waals surface area (Å²) in [5, 5.41) is -0.421. The maximum atomic E-state index is 5.72. The Morgan fingerprint density at radius 3 is 1.70 bits per heavy atom. The van der Waals surface area contributed by atoms with Crippen molar-refractivity contribution in [1.82, 2.24) is 0 Å². The molecular weight excluding hydrogens is 237 g/mol. The first-order chi connectivity index (χ1) is 4.42. The average Bonchev–Trinajstić information content (AvgIpc) is 1.86. The molecule has 0 aromatic rings. The van der Waals surface area contributed by atoms with Crippen LogP contribution in [0.2, 0.25) is 0 Å². The molecule has 0 nitrogen and oxygen atoms in total.